The molecule has 4 nitrogen and oxygen atoms in total. The second-order valence-electron chi connectivity index (χ2n) is 2.57. The van der Waals surface area contributed by atoms with Crippen LogP contribution in [0.5, 0.6) is 0 Å². The lowest BCUT2D eigenvalue weighted by Gasteiger charge is -2.02. The van der Waals surface area contributed by atoms with Gasteiger partial charge >= 0.3 is 0 Å². The standard InChI is InChI=1S/C7H11N3O/c1-4-3-9-6(5(2)8)10-7(4)11/h3,5H,8H2,1-2H3,(H,9,10,11). The largest absolute Gasteiger partial charge is 0.322 e. The van der Waals surface area contributed by atoms with Gasteiger partial charge in [-0.05, 0) is 13.8 Å². The van der Waals surface area contributed by atoms with E-state index in [9.17, 15) is 4.79 Å². The molecule has 0 amide bonds. The van der Waals surface area contributed by atoms with Crippen molar-refractivity contribution in [1.82, 2.24) is 9.97 Å². The van der Waals surface area contributed by atoms with Gasteiger partial charge in [-0.25, -0.2) is 4.98 Å². The van der Waals surface area contributed by atoms with E-state index in [2.05, 4.69) is 9.97 Å². The van der Waals surface area contributed by atoms with Crippen molar-refractivity contribution in [2.24, 2.45) is 5.73 Å². The maximum Gasteiger partial charge on any atom is 0.253 e. The summed E-state index contributed by atoms with van der Waals surface area (Å²) < 4.78 is 0. The SMILES string of the molecule is Cc1cnc(C(C)N)[nH]c1=O. The molecule has 0 fully saturated rings. The molecule has 1 heterocycles. The molecular formula is C7H11N3O. The Kier molecular flexibility index (Phi) is 2.05. The van der Waals surface area contributed by atoms with Crippen molar-refractivity contribution in [3.8, 4) is 0 Å². The number of rotatable bonds is 1. The lowest BCUT2D eigenvalue weighted by molar-refractivity contribution is 0.730. The number of aromatic nitrogens is 2. The van der Waals surface area contributed by atoms with E-state index in [1.807, 2.05) is 0 Å². The van der Waals surface area contributed by atoms with Gasteiger partial charge < -0.3 is 10.7 Å². The average Bonchev–Trinajstić information content (AvgIpc) is 1.94. The van der Waals surface area contributed by atoms with Crippen molar-refractivity contribution < 1.29 is 0 Å². The van der Waals surface area contributed by atoms with Gasteiger partial charge in [0.15, 0.2) is 0 Å². The third kappa shape index (κ3) is 1.65. The van der Waals surface area contributed by atoms with Crippen LogP contribution in [0, 0.1) is 6.92 Å². The molecule has 1 aromatic heterocycles. The van der Waals surface area contributed by atoms with Crippen molar-refractivity contribution in [3.05, 3.63) is 27.9 Å². The summed E-state index contributed by atoms with van der Waals surface area (Å²) in [5.41, 5.74) is 5.99. The van der Waals surface area contributed by atoms with Gasteiger partial charge in [0, 0.05) is 11.8 Å². The van der Waals surface area contributed by atoms with Gasteiger partial charge in [0.1, 0.15) is 5.82 Å². The van der Waals surface area contributed by atoms with Crippen LogP contribution in [-0.4, -0.2) is 9.97 Å². The fourth-order valence-corrected chi connectivity index (χ4v) is 0.704. The summed E-state index contributed by atoms with van der Waals surface area (Å²) in [6.45, 7) is 3.48. The van der Waals surface area contributed by atoms with E-state index in [4.69, 9.17) is 5.73 Å². The predicted molar refractivity (Wildman–Crippen MR) is 42.2 cm³/mol. The number of nitrogens with one attached hydrogen (secondary N) is 1. The van der Waals surface area contributed by atoms with Crippen molar-refractivity contribution >= 4 is 0 Å². The lowest BCUT2D eigenvalue weighted by atomic mass is 10.3. The molecule has 0 aliphatic carbocycles. The van der Waals surface area contributed by atoms with Gasteiger partial charge in [0.2, 0.25) is 0 Å². The van der Waals surface area contributed by atoms with Crippen molar-refractivity contribution in [1.29, 1.82) is 0 Å². The van der Waals surface area contributed by atoms with E-state index >= 15 is 0 Å². The Morgan fingerprint density at radius 3 is 2.82 bits per heavy atom. The van der Waals surface area contributed by atoms with Crippen molar-refractivity contribution in [3.63, 3.8) is 0 Å². The fourth-order valence-electron chi connectivity index (χ4n) is 0.704. The minimum atomic E-state index is -0.219. The monoisotopic (exact) mass is 153 g/mol. The number of aryl methyl sites for hydroxylation is 1. The Bertz CT molecular complexity index is 303. The Balaban J connectivity index is 3.16. The Morgan fingerprint density at radius 1 is 1.73 bits per heavy atom. The molecule has 4 heteroatoms. The highest BCUT2D eigenvalue weighted by molar-refractivity contribution is 5.04. The summed E-state index contributed by atoms with van der Waals surface area (Å²) in [7, 11) is 0. The third-order valence-electron chi connectivity index (χ3n) is 1.43. The van der Waals surface area contributed by atoms with Crippen LogP contribution < -0.4 is 11.3 Å². The first-order chi connectivity index (χ1) is 5.11. The number of hydrogen-bond acceptors (Lipinski definition) is 3. The van der Waals surface area contributed by atoms with Crippen LogP contribution in [0.4, 0.5) is 0 Å². The zero-order chi connectivity index (χ0) is 8.43. The van der Waals surface area contributed by atoms with E-state index < -0.39 is 0 Å². The summed E-state index contributed by atoms with van der Waals surface area (Å²) in [5, 5.41) is 0. The summed E-state index contributed by atoms with van der Waals surface area (Å²) in [4.78, 5) is 17.5. The molecule has 0 saturated carbocycles. The van der Waals surface area contributed by atoms with E-state index in [0.717, 1.165) is 0 Å². The maximum absolute atomic E-state index is 11.0. The number of H-pyrrole nitrogens is 1. The first kappa shape index (κ1) is 7.94. The van der Waals surface area contributed by atoms with Gasteiger partial charge in [0.25, 0.3) is 5.56 Å². The zero-order valence-corrected chi connectivity index (χ0v) is 6.59. The maximum atomic E-state index is 11.0. The van der Waals surface area contributed by atoms with E-state index in [-0.39, 0.29) is 11.6 Å². The van der Waals surface area contributed by atoms with Crippen LogP contribution in [0.2, 0.25) is 0 Å². The molecule has 0 aliphatic rings. The van der Waals surface area contributed by atoms with Crippen LogP contribution in [0.25, 0.3) is 0 Å². The highest BCUT2D eigenvalue weighted by Gasteiger charge is 2.01. The molecule has 60 valence electrons. The first-order valence-corrected chi connectivity index (χ1v) is 3.42. The van der Waals surface area contributed by atoms with Crippen LogP contribution in [0.15, 0.2) is 11.0 Å². The van der Waals surface area contributed by atoms with Crippen LogP contribution in [0.3, 0.4) is 0 Å². The van der Waals surface area contributed by atoms with Gasteiger partial charge in [0.05, 0.1) is 6.04 Å². The first-order valence-electron chi connectivity index (χ1n) is 3.42. The minimum Gasteiger partial charge on any atom is -0.322 e. The Hall–Kier alpha value is -1.16. The molecule has 1 unspecified atom stereocenters. The quantitative estimate of drug-likeness (QED) is 0.601. The van der Waals surface area contributed by atoms with Crippen LogP contribution in [0.1, 0.15) is 24.4 Å². The van der Waals surface area contributed by atoms with E-state index in [1.54, 1.807) is 13.8 Å². The van der Waals surface area contributed by atoms with Gasteiger partial charge in [-0.3, -0.25) is 4.79 Å². The van der Waals surface area contributed by atoms with E-state index in [1.165, 1.54) is 6.20 Å². The molecule has 0 radical (unpaired) electrons. The van der Waals surface area contributed by atoms with Gasteiger partial charge in [-0.15, -0.1) is 0 Å². The smallest absolute Gasteiger partial charge is 0.253 e. The number of nitrogens with zero attached hydrogens (tertiary/aromatic N) is 1. The topological polar surface area (TPSA) is 71.8 Å². The van der Waals surface area contributed by atoms with E-state index in [0.29, 0.717) is 11.4 Å². The fraction of sp³-hybridized carbons (Fsp3) is 0.429. The molecule has 0 bridgehead atoms. The molecule has 1 atom stereocenters. The highest BCUT2D eigenvalue weighted by Crippen LogP contribution is 1.97. The molecule has 11 heavy (non-hydrogen) atoms. The predicted octanol–water partition coefficient (Wildman–Crippen LogP) is 0.0980. The van der Waals surface area contributed by atoms with Crippen molar-refractivity contribution in [2.75, 3.05) is 0 Å². The Morgan fingerprint density at radius 2 is 2.36 bits per heavy atom. The Labute approximate surface area is 64.5 Å². The normalized spacial score (nSPS) is 13.0. The van der Waals surface area contributed by atoms with Crippen molar-refractivity contribution in [2.45, 2.75) is 19.9 Å². The molecular weight excluding hydrogens is 142 g/mol. The molecule has 0 aliphatic heterocycles. The van der Waals surface area contributed by atoms with Crippen LogP contribution >= 0.6 is 0 Å². The molecule has 1 rings (SSSR count). The second-order valence-corrected chi connectivity index (χ2v) is 2.57. The number of nitrogens with two attached hydrogens (primary N) is 1. The van der Waals surface area contributed by atoms with Gasteiger partial charge in [-0.1, -0.05) is 0 Å². The summed E-state index contributed by atoms with van der Waals surface area (Å²) in [5.74, 6) is 0.528. The summed E-state index contributed by atoms with van der Waals surface area (Å²) >= 11 is 0. The molecule has 0 saturated heterocycles. The summed E-state index contributed by atoms with van der Waals surface area (Å²) in [6.07, 6.45) is 1.53. The molecule has 1 aromatic rings. The van der Waals surface area contributed by atoms with Gasteiger partial charge in [-0.2, -0.15) is 0 Å². The lowest BCUT2D eigenvalue weighted by Crippen LogP contribution is -2.18. The second kappa shape index (κ2) is 2.84. The number of hydrogen-bond donors (Lipinski definition) is 2. The average molecular weight is 153 g/mol. The molecule has 0 spiro atoms. The molecule has 3 N–H and O–H groups in total. The summed E-state index contributed by atoms with van der Waals surface area (Å²) in [6, 6.07) is -0.219. The number of aromatic amines is 1. The zero-order valence-electron chi connectivity index (χ0n) is 6.59. The van der Waals surface area contributed by atoms with Crippen LogP contribution in [-0.2, 0) is 0 Å². The molecule has 0 aromatic carbocycles. The third-order valence-corrected chi connectivity index (χ3v) is 1.43. The minimum absolute atomic E-state index is 0.118. The highest BCUT2D eigenvalue weighted by atomic mass is 16.1.